The first kappa shape index (κ1) is 23.3. The lowest BCUT2D eigenvalue weighted by molar-refractivity contribution is 0.443. The number of para-hydroxylation sites is 2. The van der Waals surface area contributed by atoms with Gasteiger partial charge in [0, 0.05) is 28.1 Å². The van der Waals surface area contributed by atoms with E-state index in [1.807, 2.05) is 0 Å². The van der Waals surface area contributed by atoms with Crippen molar-refractivity contribution in [3.05, 3.63) is 88.6 Å². The van der Waals surface area contributed by atoms with Crippen LogP contribution >= 0.6 is 11.6 Å². The minimum atomic E-state index is 0.387. The van der Waals surface area contributed by atoms with Crippen LogP contribution in [0, 0.1) is 6.92 Å². The molecule has 0 aliphatic heterocycles. The summed E-state index contributed by atoms with van der Waals surface area (Å²) in [5.41, 5.74) is 9.87. The van der Waals surface area contributed by atoms with Gasteiger partial charge in [0.15, 0.2) is 0 Å². The van der Waals surface area contributed by atoms with E-state index in [-0.39, 0.29) is 0 Å². The second-order valence-corrected chi connectivity index (χ2v) is 11.0. The zero-order valence-electron chi connectivity index (χ0n) is 21.3. The van der Waals surface area contributed by atoms with Gasteiger partial charge in [-0.1, -0.05) is 93.2 Å². The Kier molecular flexibility index (Phi) is 6.09. The fourth-order valence-electron chi connectivity index (χ4n) is 5.97. The molecule has 182 valence electrons. The smallest absolute Gasteiger partial charge is 0.144 e. The van der Waals surface area contributed by atoms with Gasteiger partial charge < -0.3 is 4.42 Å². The van der Waals surface area contributed by atoms with E-state index in [0.717, 1.165) is 38.8 Å². The summed E-state index contributed by atoms with van der Waals surface area (Å²) in [7, 11) is 0. The van der Waals surface area contributed by atoms with Crippen LogP contribution in [0.25, 0.3) is 44.3 Å². The summed E-state index contributed by atoms with van der Waals surface area (Å²) in [5.74, 6) is 1.08. The predicted octanol–water partition coefficient (Wildman–Crippen LogP) is 10.4. The van der Waals surface area contributed by atoms with E-state index in [2.05, 4.69) is 81.4 Å². The largest absolute Gasteiger partial charge is 0.455 e. The zero-order valence-corrected chi connectivity index (χ0v) is 22.0. The highest BCUT2D eigenvalue weighted by Crippen LogP contribution is 2.41. The van der Waals surface area contributed by atoms with Crippen LogP contribution in [0.15, 0.2) is 71.3 Å². The number of aromatic nitrogens is 1. The maximum atomic E-state index is 6.73. The molecule has 2 aromatic heterocycles. The van der Waals surface area contributed by atoms with Crippen LogP contribution in [0.2, 0.25) is 5.02 Å². The third-order valence-corrected chi connectivity index (χ3v) is 8.23. The van der Waals surface area contributed by atoms with Crippen LogP contribution in [0.3, 0.4) is 0 Å². The average Bonchev–Trinajstić information content (AvgIpc) is 3.29. The Morgan fingerprint density at radius 3 is 2.33 bits per heavy atom. The van der Waals surface area contributed by atoms with E-state index < -0.39 is 0 Å². The summed E-state index contributed by atoms with van der Waals surface area (Å²) in [4.78, 5) is 4.74. The number of benzene rings is 3. The fourth-order valence-corrected chi connectivity index (χ4v) is 6.17. The molecule has 0 unspecified atom stereocenters. The second kappa shape index (κ2) is 9.41. The van der Waals surface area contributed by atoms with Crippen LogP contribution in [-0.4, -0.2) is 4.98 Å². The lowest BCUT2D eigenvalue weighted by Crippen LogP contribution is -2.04. The molecule has 2 nitrogen and oxygen atoms in total. The third kappa shape index (κ3) is 4.02. The summed E-state index contributed by atoms with van der Waals surface area (Å²) < 4.78 is 6.54. The SMILES string of the molecule is Cc1cc(C2CCCCC2)ccc1-c1cc(-c2cccc3c2oc2c(C(C)C)cccc23)ncc1Cl. The van der Waals surface area contributed by atoms with Gasteiger partial charge in [-0.05, 0) is 66.0 Å². The average molecular weight is 494 g/mol. The normalized spacial score (nSPS) is 14.8. The monoisotopic (exact) mass is 493 g/mol. The summed E-state index contributed by atoms with van der Waals surface area (Å²) in [5, 5.41) is 2.95. The van der Waals surface area contributed by atoms with Gasteiger partial charge in [0.2, 0.25) is 0 Å². The molecule has 1 saturated carbocycles. The molecule has 1 aliphatic rings. The molecular weight excluding hydrogens is 462 g/mol. The number of hydrogen-bond donors (Lipinski definition) is 0. The van der Waals surface area contributed by atoms with Gasteiger partial charge in [-0.15, -0.1) is 0 Å². The first-order chi connectivity index (χ1) is 17.5. The molecule has 6 rings (SSSR count). The van der Waals surface area contributed by atoms with Crippen LogP contribution in [0.4, 0.5) is 0 Å². The van der Waals surface area contributed by atoms with Crippen molar-refractivity contribution in [3.63, 3.8) is 0 Å². The van der Waals surface area contributed by atoms with Gasteiger partial charge in [0.1, 0.15) is 11.2 Å². The third-order valence-electron chi connectivity index (χ3n) is 7.93. The van der Waals surface area contributed by atoms with E-state index in [0.29, 0.717) is 16.9 Å². The van der Waals surface area contributed by atoms with E-state index >= 15 is 0 Å². The highest BCUT2D eigenvalue weighted by Gasteiger charge is 2.19. The van der Waals surface area contributed by atoms with Crippen molar-refractivity contribution in [2.45, 2.75) is 64.7 Å². The summed E-state index contributed by atoms with van der Waals surface area (Å²) in [6.07, 6.45) is 8.45. The molecule has 3 heteroatoms. The molecule has 0 atom stereocenters. The molecular formula is C33H32ClNO. The lowest BCUT2D eigenvalue weighted by atomic mass is 9.83. The predicted molar refractivity (Wildman–Crippen MR) is 152 cm³/mol. The topological polar surface area (TPSA) is 26.0 Å². The van der Waals surface area contributed by atoms with Gasteiger partial charge in [-0.3, -0.25) is 4.98 Å². The van der Waals surface area contributed by atoms with Crippen molar-refractivity contribution in [1.29, 1.82) is 0 Å². The van der Waals surface area contributed by atoms with Crippen molar-refractivity contribution in [2.75, 3.05) is 0 Å². The molecule has 0 N–H and O–H groups in total. The molecule has 0 amide bonds. The number of halogens is 1. The number of furan rings is 1. The molecule has 36 heavy (non-hydrogen) atoms. The number of aryl methyl sites for hydroxylation is 1. The van der Waals surface area contributed by atoms with Crippen LogP contribution < -0.4 is 0 Å². The number of pyridine rings is 1. The molecule has 0 saturated heterocycles. The number of nitrogens with zero attached hydrogens (tertiary/aromatic N) is 1. The molecule has 0 spiro atoms. The van der Waals surface area contributed by atoms with E-state index in [1.165, 1.54) is 54.4 Å². The lowest BCUT2D eigenvalue weighted by Gasteiger charge is -2.23. The minimum Gasteiger partial charge on any atom is -0.455 e. The Bertz CT molecular complexity index is 1570. The van der Waals surface area contributed by atoms with Crippen molar-refractivity contribution in [1.82, 2.24) is 4.98 Å². The maximum absolute atomic E-state index is 6.73. The standard InChI is InChI=1S/C33H32ClNO/c1-20(2)24-11-7-12-26-27-13-8-14-28(33(27)36-32(24)26)31-18-29(30(34)19-35-31)25-16-15-23(17-21(25)3)22-9-5-4-6-10-22/h7-8,11-20,22H,4-6,9-10H2,1-3H3. The van der Waals surface area contributed by atoms with E-state index in [4.69, 9.17) is 21.0 Å². The van der Waals surface area contributed by atoms with Crippen molar-refractivity contribution in [3.8, 4) is 22.4 Å². The summed E-state index contributed by atoms with van der Waals surface area (Å²) in [6, 6.07) is 21.8. The van der Waals surface area contributed by atoms with Crippen LogP contribution in [0.5, 0.6) is 0 Å². The molecule has 3 aromatic carbocycles. The molecule has 0 radical (unpaired) electrons. The minimum absolute atomic E-state index is 0.387. The van der Waals surface area contributed by atoms with Gasteiger partial charge in [0.05, 0.1) is 10.7 Å². The van der Waals surface area contributed by atoms with Crippen LogP contribution in [-0.2, 0) is 0 Å². The molecule has 1 fully saturated rings. The Morgan fingerprint density at radius 1 is 0.833 bits per heavy atom. The van der Waals surface area contributed by atoms with Gasteiger partial charge >= 0.3 is 0 Å². The van der Waals surface area contributed by atoms with Crippen LogP contribution in [0.1, 0.15) is 74.5 Å². The summed E-state index contributed by atoms with van der Waals surface area (Å²) in [6.45, 7) is 6.61. The molecule has 2 heterocycles. The van der Waals surface area contributed by atoms with E-state index in [1.54, 1.807) is 6.20 Å². The Labute approximate surface area is 218 Å². The van der Waals surface area contributed by atoms with Gasteiger partial charge in [0.25, 0.3) is 0 Å². The maximum Gasteiger partial charge on any atom is 0.144 e. The summed E-state index contributed by atoms with van der Waals surface area (Å²) >= 11 is 6.73. The van der Waals surface area contributed by atoms with Crippen molar-refractivity contribution in [2.24, 2.45) is 0 Å². The van der Waals surface area contributed by atoms with Gasteiger partial charge in [-0.25, -0.2) is 0 Å². The first-order valence-electron chi connectivity index (χ1n) is 13.2. The second-order valence-electron chi connectivity index (χ2n) is 10.6. The zero-order chi connectivity index (χ0) is 24.8. The number of hydrogen-bond acceptors (Lipinski definition) is 2. The molecule has 0 bridgehead atoms. The quantitative estimate of drug-likeness (QED) is 0.249. The van der Waals surface area contributed by atoms with E-state index in [9.17, 15) is 0 Å². The molecule has 1 aliphatic carbocycles. The van der Waals surface area contributed by atoms with Gasteiger partial charge in [-0.2, -0.15) is 0 Å². The highest BCUT2D eigenvalue weighted by molar-refractivity contribution is 6.33. The Balaban J connectivity index is 1.46. The number of fused-ring (bicyclic) bond motifs is 3. The Hall–Kier alpha value is -3.10. The highest BCUT2D eigenvalue weighted by atomic mass is 35.5. The van der Waals surface area contributed by atoms with Crippen molar-refractivity contribution >= 4 is 33.5 Å². The first-order valence-corrected chi connectivity index (χ1v) is 13.6. The fraction of sp³-hybridized carbons (Fsp3) is 0.303. The number of rotatable bonds is 4. The van der Waals surface area contributed by atoms with Crippen molar-refractivity contribution < 1.29 is 4.42 Å². The Morgan fingerprint density at radius 2 is 1.58 bits per heavy atom. The molecule has 5 aromatic rings.